The van der Waals surface area contributed by atoms with Gasteiger partial charge in [0.1, 0.15) is 5.82 Å². The molecular weight excluding hydrogens is 341 g/mol. The Kier molecular flexibility index (Phi) is 5.20. The first-order valence-electron chi connectivity index (χ1n) is 6.07. The highest BCUT2D eigenvalue weighted by atomic mass is 79.9. The SMILES string of the molecule is O=C(NCCc1ccc(F)cc1)c1cc(S)ccc1Br. The van der Waals surface area contributed by atoms with Crippen LogP contribution in [0.3, 0.4) is 0 Å². The predicted octanol–water partition coefficient (Wildman–Crippen LogP) is 3.85. The first-order valence-corrected chi connectivity index (χ1v) is 7.31. The van der Waals surface area contributed by atoms with E-state index in [9.17, 15) is 9.18 Å². The van der Waals surface area contributed by atoms with E-state index in [1.165, 1.54) is 12.1 Å². The van der Waals surface area contributed by atoms with Crippen LogP contribution in [0.25, 0.3) is 0 Å². The normalized spacial score (nSPS) is 10.3. The van der Waals surface area contributed by atoms with Gasteiger partial charge in [-0.05, 0) is 58.2 Å². The molecule has 0 radical (unpaired) electrons. The summed E-state index contributed by atoms with van der Waals surface area (Å²) in [7, 11) is 0. The van der Waals surface area contributed by atoms with Gasteiger partial charge in [0.25, 0.3) is 5.91 Å². The summed E-state index contributed by atoms with van der Waals surface area (Å²) in [6.45, 7) is 0.494. The summed E-state index contributed by atoms with van der Waals surface area (Å²) < 4.78 is 13.5. The van der Waals surface area contributed by atoms with Crippen LogP contribution in [0.4, 0.5) is 4.39 Å². The second kappa shape index (κ2) is 6.90. The van der Waals surface area contributed by atoms with Crippen LogP contribution in [-0.4, -0.2) is 12.5 Å². The lowest BCUT2D eigenvalue weighted by Gasteiger charge is -2.07. The fraction of sp³-hybridized carbons (Fsp3) is 0.133. The molecular formula is C15H13BrFNOS. The summed E-state index contributed by atoms with van der Waals surface area (Å²) in [6, 6.07) is 11.6. The van der Waals surface area contributed by atoms with Crippen molar-refractivity contribution in [1.29, 1.82) is 0 Å². The zero-order valence-corrected chi connectivity index (χ0v) is 13.0. The number of hydrogen-bond acceptors (Lipinski definition) is 2. The third kappa shape index (κ3) is 4.08. The van der Waals surface area contributed by atoms with E-state index >= 15 is 0 Å². The van der Waals surface area contributed by atoms with E-state index in [-0.39, 0.29) is 11.7 Å². The van der Waals surface area contributed by atoms with E-state index in [2.05, 4.69) is 33.9 Å². The smallest absolute Gasteiger partial charge is 0.252 e. The molecule has 0 bridgehead atoms. The summed E-state index contributed by atoms with van der Waals surface area (Å²) in [5.74, 6) is -0.415. The number of nitrogens with one attached hydrogen (secondary N) is 1. The van der Waals surface area contributed by atoms with Gasteiger partial charge in [-0.1, -0.05) is 12.1 Å². The second-order valence-corrected chi connectivity index (χ2v) is 5.67. The van der Waals surface area contributed by atoms with Gasteiger partial charge in [-0.15, -0.1) is 12.6 Å². The van der Waals surface area contributed by atoms with Crippen molar-refractivity contribution in [2.75, 3.05) is 6.54 Å². The topological polar surface area (TPSA) is 29.1 Å². The van der Waals surface area contributed by atoms with Crippen LogP contribution < -0.4 is 5.32 Å². The van der Waals surface area contributed by atoms with Crippen molar-refractivity contribution in [3.8, 4) is 0 Å². The quantitative estimate of drug-likeness (QED) is 0.803. The molecule has 1 N–H and O–H groups in total. The maximum atomic E-state index is 12.8. The number of carbonyl (C=O) groups excluding carboxylic acids is 1. The van der Waals surface area contributed by atoms with Crippen molar-refractivity contribution >= 4 is 34.5 Å². The maximum Gasteiger partial charge on any atom is 0.252 e. The minimum Gasteiger partial charge on any atom is -0.352 e. The number of thiol groups is 1. The largest absolute Gasteiger partial charge is 0.352 e. The van der Waals surface area contributed by atoms with Gasteiger partial charge in [-0.2, -0.15) is 0 Å². The lowest BCUT2D eigenvalue weighted by atomic mass is 10.1. The van der Waals surface area contributed by atoms with Crippen LogP contribution in [-0.2, 0) is 6.42 Å². The first kappa shape index (κ1) is 15.1. The van der Waals surface area contributed by atoms with Gasteiger partial charge in [0.15, 0.2) is 0 Å². The third-order valence-corrected chi connectivity index (χ3v) is 3.78. The summed E-state index contributed by atoms with van der Waals surface area (Å²) in [5.41, 5.74) is 1.53. The number of carbonyl (C=O) groups is 1. The van der Waals surface area contributed by atoms with Crippen molar-refractivity contribution in [3.63, 3.8) is 0 Å². The van der Waals surface area contributed by atoms with Gasteiger partial charge in [0.05, 0.1) is 5.56 Å². The van der Waals surface area contributed by atoms with Crippen molar-refractivity contribution in [3.05, 3.63) is 63.9 Å². The molecule has 104 valence electrons. The molecule has 0 aliphatic heterocycles. The lowest BCUT2D eigenvalue weighted by Crippen LogP contribution is -2.26. The van der Waals surface area contributed by atoms with E-state index in [1.807, 2.05) is 6.07 Å². The van der Waals surface area contributed by atoms with E-state index in [1.54, 1.807) is 24.3 Å². The molecule has 0 spiro atoms. The Morgan fingerprint density at radius 1 is 1.20 bits per heavy atom. The Morgan fingerprint density at radius 2 is 1.90 bits per heavy atom. The van der Waals surface area contributed by atoms with Crippen molar-refractivity contribution in [1.82, 2.24) is 5.32 Å². The Balaban J connectivity index is 1.92. The van der Waals surface area contributed by atoms with E-state index < -0.39 is 0 Å². The van der Waals surface area contributed by atoms with Crippen molar-refractivity contribution in [2.45, 2.75) is 11.3 Å². The van der Waals surface area contributed by atoms with Gasteiger partial charge in [0, 0.05) is 15.9 Å². The van der Waals surface area contributed by atoms with Crippen molar-refractivity contribution in [2.24, 2.45) is 0 Å². The summed E-state index contributed by atoms with van der Waals surface area (Å²) in [6.07, 6.45) is 0.657. The number of hydrogen-bond donors (Lipinski definition) is 2. The monoisotopic (exact) mass is 353 g/mol. The van der Waals surface area contributed by atoms with Gasteiger partial charge in [-0.3, -0.25) is 4.79 Å². The van der Waals surface area contributed by atoms with Crippen molar-refractivity contribution < 1.29 is 9.18 Å². The first-order chi connectivity index (χ1) is 9.56. The Morgan fingerprint density at radius 3 is 2.60 bits per heavy atom. The Bertz CT molecular complexity index is 616. The van der Waals surface area contributed by atoms with E-state index in [0.29, 0.717) is 18.5 Å². The van der Waals surface area contributed by atoms with Crippen LogP contribution in [0.5, 0.6) is 0 Å². The molecule has 2 rings (SSSR count). The van der Waals surface area contributed by atoms with Crippen LogP contribution in [0.2, 0.25) is 0 Å². The average Bonchev–Trinajstić information content (AvgIpc) is 2.43. The summed E-state index contributed by atoms with van der Waals surface area (Å²) >= 11 is 7.56. The molecule has 2 aromatic carbocycles. The molecule has 0 aliphatic carbocycles. The fourth-order valence-corrected chi connectivity index (χ4v) is 2.38. The minimum atomic E-state index is -0.257. The molecule has 5 heteroatoms. The van der Waals surface area contributed by atoms with Crippen LogP contribution in [0, 0.1) is 5.82 Å². The van der Waals surface area contributed by atoms with Crippen LogP contribution >= 0.6 is 28.6 Å². The summed E-state index contributed by atoms with van der Waals surface area (Å²) in [4.78, 5) is 12.8. The average molecular weight is 354 g/mol. The zero-order valence-electron chi connectivity index (χ0n) is 10.6. The molecule has 0 atom stereocenters. The predicted molar refractivity (Wildman–Crippen MR) is 83.8 cm³/mol. The molecule has 0 saturated carbocycles. The molecule has 0 unspecified atom stereocenters. The molecule has 0 aliphatic rings. The highest BCUT2D eigenvalue weighted by Gasteiger charge is 2.09. The minimum absolute atomic E-state index is 0.158. The molecule has 0 fully saturated rings. The molecule has 20 heavy (non-hydrogen) atoms. The standard InChI is InChI=1S/C15H13BrFNOS/c16-14-6-5-12(20)9-13(14)15(19)18-8-7-10-1-3-11(17)4-2-10/h1-6,9,20H,7-8H2,(H,18,19). The highest BCUT2D eigenvalue weighted by molar-refractivity contribution is 9.10. The zero-order chi connectivity index (χ0) is 14.5. The molecule has 0 aromatic heterocycles. The molecule has 1 amide bonds. The molecule has 2 aromatic rings. The number of halogens is 2. The molecule has 2 nitrogen and oxygen atoms in total. The third-order valence-electron chi connectivity index (χ3n) is 2.81. The fourth-order valence-electron chi connectivity index (χ4n) is 1.75. The highest BCUT2D eigenvalue weighted by Crippen LogP contribution is 2.20. The van der Waals surface area contributed by atoms with Gasteiger partial charge >= 0.3 is 0 Å². The number of amides is 1. The van der Waals surface area contributed by atoms with Gasteiger partial charge in [0.2, 0.25) is 0 Å². The Hall–Kier alpha value is -1.33. The number of benzene rings is 2. The van der Waals surface area contributed by atoms with Gasteiger partial charge < -0.3 is 5.32 Å². The van der Waals surface area contributed by atoms with Gasteiger partial charge in [-0.25, -0.2) is 4.39 Å². The maximum absolute atomic E-state index is 12.8. The van der Waals surface area contributed by atoms with Crippen LogP contribution in [0.15, 0.2) is 51.8 Å². The van der Waals surface area contributed by atoms with E-state index in [0.717, 1.165) is 14.9 Å². The summed E-state index contributed by atoms with van der Waals surface area (Å²) in [5, 5.41) is 2.83. The lowest BCUT2D eigenvalue weighted by molar-refractivity contribution is 0.0953. The van der Waals surface area contributed by atoms with Crippen LogP contribution in [0.1, 0.15) is 15.9 Å². The second-order valence-electron chi connectivity index (χ2n) is 4.30. The Labute approximate surface area is 130 Å². The molecule has 0 heterocycles. The number of rotatable bonds is 4. The molecule has 0 saturated heterocycles. The van der Waals surface area contributed by atoms with E-state index in [4.69, 9.17) is 0 Å².